The Balaban J connectivity index is 1.09. The highest BCUT2D eigenvalue weighted by molar-refractivity contribution is 5.76. The summed E-state index contributed by atoms with van der Waals surface area (Å²) in [7, 11) is 0. The van der Waals surface area contributed by atoms with E-state index in [1.165, 1.54) is 5.57 Å². The Kier molecular flexibility index (Phi) is 10.2. The third-order valence-electron chi connectivity index (χ3n) is 16.9. The molecule has 0 bridgehead atoms. The van der Waals surface area contributed by atoms with Crippen molar-refractivity contribution < 1.29 is 59.5 Å². The Labute approximate surface area is 314 Å². The minimum absolute atomic E-state index is 0.00551. The molecule has 0 aromatic heterocycles. The monoisotopic (exact) mass is 750 g/mol. The second-order valence-electron chi connectivity index (χ2n) is 20.2. The molecule has 0 spiro atoms. The van der Waals surface area contributed by atoms with E-state index in [-0.39, 0.29) is 45.7 Å². The van der Waals surface area contributed by atoms with Gasteiger partial charge in [0.25, 0.3) is 0 Å². The Morgan fingerprint density at radius 3 is 2.19 bits per heavy atom. The summed E-state index contributed by atoms with van der Waals surface area (Å²) in [5, 5.41) is 73.5. The molecule has 0 aromatic carbocycles. The first kappa shape index (κ1) is 40.0. The van der Waals surface area contributed by atoms with Gasteiger partial charge in [-0.15, -0.1) is 0 Å². The molecular weight excluding hydrogens is 684 g/mol. The van der Waals surface area contributed by atoms with Crippen molar-refractivity contribution >= 4 is 5.97 Å². The lowest BCUT2D eigenvalue weighted by Gasteiger charge is -2.71. The smallest absolute Gasteiger partial charge is 0.310 e. The summed E-state index contributed by atoms with van der Waals surface area (Å²) < 4.78 is 23.8. The van der Waals surface area contributed by atoms with E-state index in [1.807, 2.05) is 0 Å². The largest absolute Gasteiger partial charge is 0.481 e. The minimum atomic E-state index is -1.68. The average Bonchev–Trinajstić information content (AvgIpc) is 3.08. The van der Waals surface area contributed by atoms with Gasteiger partial charge in [-0.3, -0.25) is 4.79 Å². The fourth-order valence-corrected chi connectivity index (χ4v) is 13.4. The van der Waals surface area contributed by atoms with Crippen molar-refractivity contribution in [3.63, 3.8) is 0 Å². The van der Waals surface area contributed by atoms with Crippen LogP contribution in [0, 0.1) is 50.2 Å². The predicted octanol–water partition coefficient (Wildman–Crippen LogP) is 3.52. The van der Waals surface area contributed by atoms with Crippen molar-refractivity contribution in [2.24, 2.45) is 50.2 Å². The van der Waals surface area contributed by atoms with Crippen molar-refractivity contribution in [2.75, 3.05) is 13.2 Å². The van der Waals surface area contributed by atoms with Crippen LogP contribution in [-0.4, -0.2) is 116 Å². The summed E-state index contributed by atoms with van der Waals surface area (Å²) >= 11 is 0. The fraction of sp³-hybridized carbons (Fsp3) is 0.927. The molecule has 7 rings (SSSR count). The second kappa shape index (κ2) is 13.5. The van der Waals surface area contributed by atoms with Crippen LogP contribution in [0.2, 0.25) is 0 Å². The van der Waals surface area contributed by atoms with Crippen LogP contribution >= 0.6 is 0 Å². The number of carbonyl (C=O) groups is 1. The molecule has 302 valence electrons. The molecule has 6 fully saturated rings. The van der Waals surface area contributed by atoms with Crippen LogP contribution < -0.4 is 0 Å². The van der Waals surface area contributed by atoms with Crippen molar-refractivity contribution in [1.82, 2.24) is 0 Å². The number of ether oxygens (including phenoxy) is 4. The van der Waals surface area contributed by atoms with E-state index in [2.05, 4.69) is 54.5 Å². The number of hydrogen-bond donors (Lipinski definition) is 7. The Hall–Kier alpha value is -1.19. The lowest BCUT2D eigenvalue weighted by atomic mass is 9.33. The standard InChI is InChI=1S/C41H66O12/c1-36(2)14-16-41(35(48)49)17-15-39(6)21(22(41)18-36)8-9-26-38(5)12-11-27(37(3,4)25(38)10-13-40(26,39)7)52-33-31(47)32(23(43)20-50-33)53-34-30(46)29(45)28(44)24(19-42)51-34/h8,22-34,42-47H,9-20H2,1-7H3,(H,48,49)/t22-,23+,24+,25-,26+,27-,28+,29-,30+,31+,32-,33-,34-,38-,39-,40-,41-/m1/s1. The molecule has 17 atom stereocenters. The highest BCUT2D eigenvalue weighted by Crippen LogP contribution is 2.76. The Morgan fingerprint density at radius 1 is 0.811 bits per heavy atom. The molecule has 0 amide bonds. The van der Waals surface area contributed by atoms with Crippen molar-refractivity contribution in [3.05, 3.63) is 11.6 Å². The van der Waals surface area contributed by atoms with Gasteiger partial charge in [0.05, 0.1) is 24.7 Å². The normalized spacial score (nSPS) is 53.3. The third kappa shape index (κ3) is 5.94. The molecule has 2 aliphatic heterocycles. The van der Waals surface area contributed by atoms with E-state index in [0.29, 0.717) is 11.8 Å². The van der Waals surface area contributed by atoms with E-state index in [0.717, 1.165) is 64.2 Å². The SMILES string of the molecule is CC1(C)CC[C@@]2(C(=O)O)CC[C@]3(C)C(=CC[C@H]4[C@]5(C)CC[C@@H](O[C@H]6OC[C@H](O)[C@@H](O[C@H]7O[C@@H](CO)[C@H](O)[C@@H](O)[C@@H]7O)[C@@H]6O)C(C)(C)[C@H]5CC[C@]43C)[C@H]2C1. The van der Waals surface area contributed by atoms with Gasteiger partial charge in [-0.05, 0) is 109 Å². The molecular formula is C41H66O12. The molecule has 5 aliphatic carbocycles. The van der Waals surface area contributed by atoms with Gasteiger partial charge in [0.2, 0.25) is 0 Å². The Bertz CT molecular complexity index is 1430. The molecule has 7 N–H and O–H groups in total. The molecule has 0 aromatic rings. The topological polar surface area (TPSA) is 196 Å². The maximum atomic E-state index is 13.0. The van der Waals surface area contributed by atoms with Gasteiger partial charge in [-0.1, -0.05) is 60.1 Å². The lowest BCUT2D eigenvalue weighted by molar-refractivity contribution is -0.357. The molecule has 12 nitrogen and oxygen atoms in total. The van der Waals surface area contributed by atoms with Crippen LogP contribution in [0.5, 0.6) is 0 Å². The third-order valence-corrected chi connectivity index (χ3v) is 16.9. The van der Waals surface area contributed by atoms with E-state index < -0.39 is 73.3 Å². The first-order valence-corrected chi connectivity index (χ1v) is 20.2. The molecule has 2 saturated heterocycles. The molecule has 2 heterocycles. The highest BCUT2D eigenvalue weighted by atomic mass is 16.7. The van der Waals surface area contributed by atoms with E-state index in [1.54, 1.807) is 0 Å². The number of carboxylic acids is 1. The van der Waals surface area contributed by atoms with Crippen molar-refractivity contribution in [2.45, 2.75) is 174 Å². The second-order valence-corrected chi connectivity index (χ2v) is 20.2. The predicted molar refractivity (Wildman–Crippen MR) is 192 cm³/mol. The van der Waals surface area contributed by atoms with Gasteiger partial charge in [-0.2, -0.15) is 0 Å². The minimum Gasteiger partial charge on any atom is -0.481 e. The van der Waals surface area contributed by atoms with Gasteiger partial charge < -0.3 is 54.7 Å². The number of aliphatic hydroxyl groups is 6. The molecule has 12 heteroatoms. The highest BCUT2D eigenvalue weighted by Gasteiger charge is 2.69. The summed E-state index contributed by atoms with van der Waals surface area (Å²) in [6.45, 7) is 15.7. The molecule has 7 aliphatic rings. The molecule has 4 saturated carbocycles. The van der Waals surface area contributed by atoms with Gasteiger partial charge in [0.1, 0.15) is 42.7 Å². The molecule has 0 unspecified atom stereocenters. The van der Waals surface area contributed by atoms with Crippen LogP contribution in [0.25, 0.3) is 0 Å². The number of carboxylic acid groups (broad SMARTS) is 1. The Morgan fingerprint density at radius 2 is 1.51 bits per heavy atom. The number of allylic oxidation sites excluding steroid dienone is 2. The van der Waals surface area contributed by atoms with Gasteiger partial charge in [0, 0.05) is 0 Å². The van der Waals surface area contributed by atoms with E-state index in [9.17, 15) is 40.5 Å². The van der Waals surface area contributed by atoms with Gasteiger partial charge >= 0.3 is 5.97 Å². The number of hydrogen-bond acceptors (Lipinski definition) is 11. The number of fused-ring (bicyclic) bond motifs is 7. The molecule has 53 heavy (non-hydrogen) atoms. The number of aliphatic carboxylic acids is 1. The van der Waals surface area contributed by atoms with E-state index in [4.69, 9.17) is 18.9 Å². The lowest BCUT2D eigenvalue weighted by Crippen LogP contribution is -2.66. The molecule has 0 radical (unpaired) electrons. The van der Waals surface area contributed by atoms with Crippen molar-refractivity contribution in [1.29, 1.82) is 0 Å². The van der Waals surface area contributed by atoms with Crippen LogP contribution in [0.3, 0.4) is 0 Å². The number of aliphatic hydroxyl groups excluding tert-OH is 6. The summed E-state index contributed by atoms with van der Waals surface area (Å²) in [5.41, 5.74) is 0.523. The first-order valence-electron chi connectivity index (χ1n) is 20.2. The van der Waals surface area contributed by atoms with Gasteiger partial charge in [0.15, 0.2) is 12.6 Å². The van der Waals surface area contributed by atoms with Crippen LogP contribution in [0.1, 0.15) is 113 Å². The zero-order chi connectivity index (χ0) is 38.7. The number of rotatable bonds is 6. The van der Waals surface area contributed by atoms with Crippen LogP contribution in [-0.2, 0) is 23.7 Å². The summed E-state index contributed by atoms with van der Waals surface area (Å²) in [4.78, 5) is 13.0. The van der Waals surface area contributed by atoms with Gasteiger partial charge in [-0.25, -0.2) is 0 Å². The zero-order valence-corrected chi connectivity index (χ0v) is 32.7. The maximum absolute atomic E-state index is 13.0. The average molecular weight is 751 g/mol. The van der Waals surface area contributed by atoms with Crippen molar-refractivity contribution in [3.8, 4) is 0 Å². The quantitative estimate of drug-likeness (QED) is 0.155. The fourth-order valence-electron chi connectivity index (χ4n) is 13.4. The van der Waals surface area contributed by atoms with Crippen LogP contribution in [0.15, 0.2) is 11.6 Å². The first-order chi connectivity index (χ1) is 24.7. The van der Waals surface area contributed by atoms with E-state index >= 15 is 0 Å². The summed E-state index contributed by atoms with van der Waals surface area (Å²) in [6.07, 6.45) is -1.65. The summed E-state index contributed by atoms with van der Waals surface area (Å²) in [5.74, 6) is 0.186. The zero-order valence-electron chi connectivity index (χ0n) is 32.7. The van der Waals surface area contributed by atoms with Crippen LogP contribution in [0.4, 0.5) is 0 Å². The summed E-state index contributed by atoms with van der Waals surface area (Å²) in [6, 6.07) is 0. The maximum Gasteiger partial charge on any atom is 0.310 e.